The van der Waals surface area contributed by atoms with E-state index in [1.54, 1.807) is 0 Å². The van der Waals surface area contributed by atoms with Crippen LogP contribution in [0.4, 0.5) is 0 Å². The van der Waals surface area contributed by atoms with Gasteiger partial charge in [0.2, 0.25) is 0 Å². The van der Waals surface area contributed by atoms with Gasteiger partial charge in [0.25, 0.3) is 0 Å². The molecule has 52 heavy (non-hydrogen) atoms. The van der Waals surface area contributed by atoms with Crippen molar-refractivity contribution in [2.24, 2.45) is 0 Å². The van der Waals surface area contributed by atoms with E-state index in [-0.39, 0.29) is 0 Å². The summed E-state index contributed by atoms with van der Waals surface area (Å²) in [5.74, 6) is 0. The summed E-state index contributed by atoms with van der Waals surface area (Å²) in [5, 5.41) is 17.1. The molecule has 0 spiro atoms. The van der Waals surface area contributed by atoms with Crippen molar-refractivity contribution in [1.82, 2.24) is 0 Å². The van der Waals surface area contributed by atoms with Gasteiger partial charge in [-0.15, -0.1) is 0 Å². The van der Waals surface area contributed by atoms with E-state index in [0.29, 0.717) is 0 Å². The monoisotopic (exact) mass is 676 g/mol. The van der Waals surface area contributed by atoms with E-state index in [0.717, 1.165) is 0 Å². The summed E-state index contributed by atoms with van der Waals surface area (Å²) in [6.07, 6.45) is 0. The Kier molecular flexibility index (Phi) is 7.16. The number of rotatable bonds is 5. The average molecular weight is 677 g/mol. The Morgan fingerprint density at radius 2 is 0.692 bits per heavy atom. The van der Waals surface area contributed by atoms with E-state index in [1.165, 1.54) is 91.7 Å². The summed E-state index contributed by atoms with van der Waals surface area (Å²) in [6, 6.07) is 74.8. The van der Waals surface area contributed by atoms with Crippen LogP contribution in [0.15, 0.2) is 200 Å². The first-order valence-electron chi connectivity index (χ1n) is 18.2. The molecule has 10 aromatic rings. The second-order valence-electron chi connectivity index (χ2n) is 14.2. The smallest absolute Gasteiger partial charge is 0.0616 e. The summed E-state index contributed by atoms with van der Waals surface area (Å²) in [7, 11) is -2.42. The first-order valence-corrected chi connectivity index (χ1v) is 20.7. The highest BCUT2D eigenvalue weighted by Gasteiger charge is 2.34. The molecule has 0 saturated heterocycles. The van der Waals surface area contributed by atoms with Crippen LogP contribution >= 0.6 is 0 Å². The van der Waals surface area contributed by atoms with Gasteiger partial charge in [-0.3, -0.25) is 0 Å². The minimum atomic E-state index is -2.42. The molecule has 0 aromatic heterocycles. The Labute approximate surface area is 305 Å². The van der Waals surface area contributed by atoms with Crippen molar-refractivity contribution in [3.8, 4) is 22.3 Å². The van der Waals surface area contributed by atoms with Crippen molar-refractivity contribution in [1.29, 1.82) is 0 Å². The zero-order valence-electron chi connectivity index (χ0n) is 29.1. The van der Waals surface area contributed by atoms with Crippen LogP contribution in [0.1, 0.15) is 0 Å². The molecule has 0 aliphatic carbocycles. The third kappa shape index (κ3) is 4.81. The second kappa shape index (κ2) is 12.2. The molecule has 0 aliphatic rings. The van der Waals surface area contributed by atoms with Crippen LogP contribution in [-0.2, 0) is 0 Å². The third-order valence-electron chi connectivity index (χ3n) is 11.4. The van der Waals surface area contributed by atoms with Gasteiger partial charge in [-0.2, -0.15) is 0 Å². The summed E-state index contributed by atoms with van der Waals surface area (Å²) < 4.78 is 0. The van der Waals surface area contributed by atoms with Crippen LogP contribution in [0.25, 0.3) is 76.1 Å². The van der Waals surface area contributed by atoms with Crippen LogP contribution in [0, 0.1) is 0 Å². The lowest BCUT2D eigenvalue weighted by atomic mass is 9.85. The fourth-order valence-electron chi connectivity index (χ4n) is 8.64. The zero-order valence-corrected chi connectivity index (χ0v) is 30.1. The Hall–Kier alpha value is -6.28. The maximum Gasteiger partial charge on any atom is 0.145 e. The summed E-state index contributed by atoms with van der Waals surface area (Å²) in [4.78, 5) is 0. The van der Waals surface area contributed by atoms with Crippen LogP contribution < -0.4 is 15.6 Å². The predicted octanol–water partition coefficient (Wildman–Crippen LogP) is 11.9. The van der Waals surface area contributed by atoms with Crippen LogP contribution in [0.2, 0.25) is 6.55 Å². The van der Waals surface area contributed by atoms with Gasteiger partial charge in [-0.25, -0.2) is 0 Å². The molecular weight excluding hydrogens is 641 g/mol. The van der Waals surface area contributed by atoms with Crippen molar-refractivity contribution in [3.05, 3.63) is 200 Å². The van der Waals surface area contributed by atoms with E-state index in [4.69, 9.17) is 0 Å². The SMILES string of the molecule is C[Si](c1ccc(-c2c3ccccc3c(-c3cccc4ccccc34)c3ccccc23)cc1)(c1ccc2ccccc2c1)c1ccc2ccccc2c1. The molecule has 244 valence electrons. The third-order valence-corrected chi connectivity index (χ3v) is 15.8. The van der Waals surface area contributed by atoms with Crippen molar-refractivity contribution < 1.29 is 0 Å². The van der Waals surface area contributed by atoms with Gasteiger partial charge < -0.3 is 0 Å². The van der Waals surface area contributed by atoms with E-state index in [2.05, 4.69) is 207 Å². The lowest BCUT2D eigenvalue weighted by Gasteiger charge is -2.30. The largest absolute Gasteiger partial charge is 0.145 e. The first kappa shape index (κ1) is 30.5. The average Bonchev–Trinajstić information content (AvgIpc) is 3.22. The van der Waals surface area contributed by atoms with Gasteiger partial charge in [0.15, 0.2) is 0 Å². The molecule has 0 atom stereocenters. The van der Waals surface area contributed by atoms with Gasteiger partial charge in [0.1, 0.15) is 8.07 Å². The minimum absolute atomic E-state index is 1.24. The normalized spacial score (nSPS) is 11.9. The van der Waals surface area contributed by atoms with Gasteiger partial charge in [0.05, 0.1) is 0 Å². The van der Waals surface area contributed by atoms with E-state index >= 15 is 0 Å². The maximum absolute atomic E-state index is 2.53. The van der Waals surface area contributed by atoms with Gasteiger partial charge in [0, 0.05) is 0 Å². The molecule has 0 fully saturated rings. The molecule has 0 saturated carbocycles. The lowest BCUT2D eigenvalue weighted by molar-refractivity contribution is 1.66. The predicted molar refractivity (Wildman–Crippen MR) is 228 cm³/mol. The van der Waals surface area contributed by atoms with Crippen LogP contribution in [0.3, 0.4) is 0 Å². The van der Waals surface area contributed by atoms with E-state index in [9.17, 15) is 0 Å². The van der Waals surface area contributed by atoms with Crippen molar-refractivity contribution >= 4 is 77.5 Å². The summed E-state index contributed by atoms with van der Waals surface area (Å²) in [6.45, 7) is 2.53. The molecule has 0 bridgehead atoms. The number of fused-ring (bicyclic) bond motifs is 5. The molecule has 10 aromatic carbocycles. The van der Waals surface area contributed by atoms with Crippen molar-refractivity contribution in [2.75, 3.05) is 0 Å². The Morgan fingerprint density at radius 3 is 1.23 bits per heavy atom. The Balaban J connectivity index is 1.19. The molecule has 10 rings (SSSR count). The zero-order chi connectivity index (χ0) is 34.6. The summed E-state index contributed by atoms with van der Waals surface area (Å²) in [5.41, 5.74) is 5.12. The highest BCUT2D eigenvalue weighted by molar-refractivity contribution is 7.10. The lowest BCUT2D eigenvalue weighted by Crippen LogP contribution is -2.64. The molecule has 1 heteroatoms. The number of hydrogen-bond acceptors (Lipinski definition) is 0. The molecule has 0 heterocycles. The number of benzene rings is 10. The van der Waals surface area contributed by atoms with E-state index < -0.39 is 8.07 Å². The minimum Gasteiger partial charge on any atom is -0.0616 e. The van der Waals surface area contributed by atoms with Gasteiger partial charge in [-0.05, 0) is 91.7 Å². The first-order chi connectivity index (χ1) is 25.7. The molecule has 0 nitrogen and oxygen atoms in total. The van der Waals surface area contributed by atoms with Crippen molar-refractivity contribution in [2.45, 2.75) is 6.55 Å². The quantitative estimate of drug-likeness (QED) is 0.0967. The van der Waals surface area contributed by atoms with Crippen LogP contribution in [-0.4, -0.2) is 8.07 Å². The van der Waals surface area contributed by atoms with Gasteiger partial charge >= 0.3 is 0 Å². The fraction of sp³-hybridized carbons (Fsp3) is 0.0196. The second-order valence-corrected chi connectivity index (χ2v) is 18.2. The Bertz CT molecular complexity index is 2830. The topological polar surface area (TPSA) is 0 Å². The molecule has 0 N–H and O–H groups in total. The van der Waals surface area contributed by atoms with Crippen molar-refractivity contribution in [3.63, 3.8) is 0 Å². The maximum atomic E-state index is 2.53. The molecular formula is C51H36Si. The molecule has 0 unspecified atom stereocenters. The highest BCUT2D eigenvalue weighted by atomic mass is 28.3. The van der Waals surface area contributed by atoms with E-state index in [1.807, 2.05) is 0 Å². The van der Waals surface area contributed by atoms with Gasteiger partial charge in [-0.1, -0.05) is 207 Å². The standard InChI is InChI=1S/C51H36Si/c1-52(42-31-25-35-13-2-4-16-39(35)33-42,43-32-26-36-14-3-5-17-40(36)34-43)41-29-27-38(28-30-41)50-46-20-8-10-22-48(46)51(49-23-11-9-21-47(49)50)45-24-12-18-37-15-6-7-19-44(37)45/h2-34H,1H3. The fourth-order valence-corrected chi connectivity index (χ4v) is 12.2. The summed E-state index contributed by atoms with van der Waals surface area (Å²) >= 11 is 0. The molecule has 0 amide bonds. The highest BCUT2D eigenvalue weighted by Crippen LogP contribution is 2.45. The van der Waals surface area contributed by atoms with Crippen LogP contribution in [0.5, 0.6) is 0 Å². The molecule has 0 radical (unpaired) electrons. The Morgan fingerprint density at radius 1 is 0.288 bits per heavy atom. The number of hydrogen-bond donors (Lipinski definition) is 0. The molecule has 0 aliphatic heterocycles.